The molecule has 9 heteroatoms. The smallest absolute Gasteiger partial charge is 0.243 e. The third-order valence-electron chi connectivity index (χ3n) is 4.47. The molecule has 1 aromatic heterocycles. The molecule has 0 spiro atoms. The lowest BCUT2D eigenvalue weighted by molar-refractivity contribution is -0.127. The fourth-order valence-corrected chi connectivity index (χ4v) is 3.83. The number of nitrogens with zero attached hydrogens (tertiary/aromatic N) is 3. The highest BCUT2D eigenvalue weighted by Crippen LogP contribution is 2.27. The molecule has 0 aromatic carbocycles. The quantitative estimate of drug-likeness (QED) is 0.231. The van der Waals surface area contributed by atoms with Crippen molar-refractivity contribution in [1.29, 1.82) is 0 Å². The van der Waals surface area contributed by atoms with Crippen LogP contribution in [0.1, 0.15) is 22.7 Å². The fourth-order valence-electron chi connectivity index (χ4n) is 2.82. The standard InChI is InChI=1S/C20H33N5O2S.HI/c1-15(2)12-21-20(23-14-19(26)24(4)5)22-13-17(18-7-6-16(3)28-18)25-8-10-27-11-9-25;/h6-7,17H,1,8-14H2,2-5H3,(H2,21,22,23);1H. The van der Waals surface area contributed by atoms with Crippen molar-refractivity contribution < 1.29 is 9.53 Å². The van der Waals surface area contributed by atoms with Gasteiger partial charge in [-0.2, -0.15) is 0 Å². The number of halogens is 1. The molecule has 0 saturated carbocycles. The van der Waals surface area contributed by atoms with E-state index in [0.717, 1.165) is 31.9 Å². The zero-order valence-corrected chi connectivity index (χ0v) is 21.0. The summed E-state index contributed by atoms with van der Waals surface area (Å²) >= 11 is 1.82. The molecule has 1 fully saturated rings. The van der Waals surface area contributed by atoms with Gasteiger partial charge in [0.2, 0.25) is 5.91 Å². The molecular formula is C20H34IN5O2S. The summed E-state index contributed by atoms with van der Waals surface area (Å²) in [4.78, 5) is 23.0. The molecular weight excluding hydrogens is 501 g/mol. The molecule has 0 aliphatic carbocycles. The Bertz CT molecular complexity index is 686. The Morgan fingerprint density at radius 3 is 2.59 bits per heavy atom. The van der Waals surface area contributed by atoms with Crippen molar-refractivity contribution in [3.63, 3.8) is 0 Å². The van der Waals surface area contributed by atoms with Gasteiger partial charge in [-0.25, -0.2) is 4.99 Å². The van der Waals surface area contributed by atoms with Crippen LogP contribution >= 0.6 is 35.3 Å². The predicted octanol–water partition coefficient (Wildman–Crippen LogP) is 2.25. The topological polar surface area (TPSA) is 69.2 Å². The highest BCUT2D eigenvalue weighted by molar-refractivity contribution is 14.0. The van der Waals surface area contributed by atoms with Crippen LogP contribution in [0.2, 0.25) is 0 Å². The van der Waals surface area contributed by atoms with E-state index in [-0.39, 0.29) is 42.5 Å². The Kier molecular flexibility index (Phi) is 11.8. The van der Waals surface area contributed by atoms with Crippen molar-refractivity contribution in [3.8, 4) is 0 Å². The van der Waals surface area contributed by atoms with Crippen LogP contribution in [0.3, 0.4) is 0 Å². The fraction of sp³-hybridized carbons (Fsp3) is 0.600. The zero-order chi connectivity index (χ0) is 20.5. The number of thiophene rings is 1. The monoisotopic (exact) mass is 535 g/mol. The Morgan fingerprint density at radius 2 is 2.03 bits per heavy atom. The van der Waals surface area contributed by atoms with Crippen LogP contribution in [0.15, 0.2) is 29.3 Å². The number of ether oxygens (including phenoxy) is 1. The summed E-state index contributed by atoms with van der Waals surface area (Å²) < 4.78 is 5.52. The Balaban J connectivity index is 0.00000420. The number of amides is 1. The van der Waals surface area contributed by atoms with Gasteiger partial charge in [0, 0.05) is 50.0 Å². The van der Waals surface area contributed by atoms with Gasteiger partial charge in [-0.15, -0.1) is 35.3 Å². The van der Waals surface area contributed by atoms with Crippen molar-refractivity contribution in [2.45, 2.75) is 19.9 Å². The number of carbonyl (C=O) groups excluding carboxylic acids is 1. The van der Waals surface area contributed by atoms with Gasteiger partial charge in [0.25, 0.3) is 0 Å². The van der Waals surface area contributed by atoms with Crippen LogP contribution < -0.4 is 10.6 Å². The molecule has 1 saturated heterocycles. The minimum Gasteiger partial charge on any atom is -0.379 e. The summed E-state index contributed by atoms with van der Waals surface area (Å²) in [6.45, 7) is 12.8. The maximum absolute atomic E-state index is 11.9. The van der Waals surface area contributed by atoms with E-state index in [1.807, 2.05) is 18.3 Å². The molecule has 2 N–H and O–H groups in total. The molecule has 1 aliphatic heterocycles. The summed E-state index contributed by atoms with van der Waals surface area (Å²) in [6, 6.07) is 4.61. The molecule has 1 atom stereocenters. The zero-order valence-electron chi connectivity index (χ0n) is 17.9. The molecule has 1 aromatic rings. The van der Waals surface area contributed by atoms with Gasteiger partial charge in [0.1, 0.15) is 6.54 Å². The first-order chi connectivity index (χ1) is 13.4. The third kappa shape index (κ3) is 9.02. The SMILES string of the molecule is C=C(C)CNC(=NCC(=O)N(C)C)NCC(c1ccc(C)s1)N1CCOCC1.I. The molecule has 0 bridgehead atoms. The van der Waals surface area contributed by atoms with Gasteiger partial charge in [-0.3, -0.25) is 9.69 Å². The number of carbonyl (C=O) groups is 1. The average Bonchev–Trinajstić information content (AvgIpc) is 3.09. The van der Waals surface area contributed by atoms with Crippen molar-refractivity contribution in [2.24, 2.45) is 4.99 Å². The maximum atomic E-state index is 11.9. The van der Waals surface area contributed by atoms with E-state index in [9.17, 15) is 4.79 Å². The summed E-state index contributed by atoms with van der Waals surface area (Å²) in [5.41, 5.74) is 1.01. The van der Waals surface area contributed by atoms with Gasteiger partial charge >= 0.3 is 0 Å². The number of likely N-dealkylation sites (N-methyl/N-ethyl adjacent to an activating group) is 1. The first-order valence-corrected chi connectivity index (χ1v) is 10.4. The van der Waals surface area contributed by atoms with Crippen LogP contribution in [0.25, 0.3) is 0 Å². The van der Waals surface area contributed by atoms with E-state index in [4.69, 9.17) is 4.74 Å². The highest BCUT2D eigenvalue weighted by atomic mass is 127. The van der Waals surface area contributed by atoms with E-state index in [2.05, 4.69) is 46.2 Å². The van der Waals surface area contributed by atoms with Crippen molar-refractivity contribution >= 4 is 47.2 Å². The number of rotatable bonds is 8. The number of hydrogen-bond donors (Lipinski definition) is 2. The largest absolute Gasteiger partial charge is 0.379 e. The van der Waals surface area contributed by atoms with Gasteiger partial charge in [0.15, 0.2) is 5.96 Å². The Morgan fingerprint density at radius 1 is 1.34 bits per heavy atom. The minimum atomic E-state index is -0.0324. The Hall–Kier alpha value is -1.17. The molecule has 29 heavy (non-hydrogen) atoms. The van der Waals surface area contributed by atoms with Crippen LogP contribution in [-0.2, 0) is 9.53 Å². The summed E-state index contributed by atoms with van der Waals surface area (Å²) in [5, 5.41) is 6.68. The number of guanidine groups is 1. The first kappa shape index (κ1) is 25.9. The summed E-state index contributed by atoms with van der Waals surface area (Å²) in [6.07, 6.45) is 0. The lowest BCUT2D eigenvalue weighted by Crippen LogP contribution is -2.46. The lowest BCUT2D eigenvalue weighted by atomic mass is 10.2. The normalized spacial score (nSPS) is 15.9. The van der Waals surface area contributed by atoms with Crippen LogP contribution in [0, 0.1) is 6.92 Å². The Labute approximate surface area is 195 Å². The van der Waals surface area contributed by atoms with E-state index in [0.29, 0.717) is 19.0 Å². The number of aliphatic imine (C=N–C) groups is 1. The van der Waals surface area contributed by atoms with E-state index < -0.39 is 0 Å². The molecule has 164 valence electrons. The molecule has 1 aliphatic rings. The summed E-state index contributed by atoms with van der Waals surface area (Å²) in [5.74, 6) is 0.597. The van der Waals surface area contributed by atoms with E-state index in [1.54, 1.807) is 19.0 Å². The van der Waals surface area contributed by atoms with Gasteiger partial charge in [0.05, 0.1) is 19.3 Å². The van der Waals surface area contributed by atoms with Crippen molar-refractivity contribution in [3.05, 3.63) is 34.0 Å². The number of aryl methyl sites for hydroxylation is 1. The van der Waals surface area contributed by atoms with E-state index >= 15 is 0 Å². The van der Waals surface area contributed by atoms with Crippen molar-refractivity contribution in [2.75, 3.05) is 60.0 Å². The number of nitrogens with one attached hydrogen (secondary N) is 2. The molecule has 2 heterocycles. The van der Waals surface area contributed by atoms with E-state index in [1.165, 1.54) is 9.75 Å². The molecule has 0 radical (unpaired) electrons. The minimum absolute atomic E-state index is 0. The number of morpholine rings is 1. The molecule has 1 amide bonds. The van der Waals surface area contributed by atoms with Crippen LogP contribution in [0.5, 0.6) is 0 Å². The maximum Gasteiger partial charge on any atom is 0.243 e. The lowest BCUT2D eigenvalue weighted by Gasteiger charge is -2.34. The van der Waals surface area contributed by atoms with Crippen LogP contribution in [0.4, 0.5) is 0 Å². The second-order valence-corrected chi connectivity index (χ2v) is 8.58. The summed E-state index contributed by atoms with van der Waals surface area (Å²) in [7, 11) is 3.47. The molecule has 2 rings (SSSR count). The predicted molar refractivity (Wildman–Crippen MR) is 131 cm³/mol. The molecule has 7 nitrogen and oxygen atoms in total. The van der Waals surface area contributed by atoms with Crippen molar-refractivity contribution in [1.82, 2.24) is 20.4 Å². The highest BCUT2D eigenvalue weighted by Gasteiger charge is 2.24. The van der Waals surface area contributed by atoms with Gasteiger partial charge in [-0.05, 0) is 26.0 Å². The number of hydrogen-bond acceptors (Lipinski definition) is 5. The average molecular weight is 535 g/mol. The third-order valence-corrected chi connectivity index (χ3v) is 5.57. The van der Waals surface area contributed by atoms with Gasteiger partial charge in [-0.1, -0.05) is 12.2 Å². The second-order valence-electron chi connectivity index (χ2n) is 7.26. The van der Waals surface area contributed by atoms with Gasteiger partial charge < -0.3 is 20.3 Å². The van der Waals surface area contributed by atoms with Crippen LogP contribution in [-0.4, -0.2) is 81.7 Å². The molecule has 1 unspecified atom stereocenters. The first-order valence-electron chi connectivity index (χ1n) is 9.61. The second kappa shape index (κ2) is 13.2.